The Labute approximate surface area is 151 Å². The van der Waals surface area contributed by atoms with Gasteiger partial charge in [0.05, 0.1) is 0 Å². The minimum absolute atomic E-state index is 0.193. The molecule has 0 saturated heterocycles. The lowest BCUT2D eigenvalue weighted by Gasteiger charge is -2.13. The lowest BCUT2D eigenvalue weighted by Crippen LogP contribution is -2.11. The fraction of sp³-hybridized carbons (Fsp3) is 0.105. The summed E-state index contributed by atoms with van der Waals surface area (Å²) in [6.07, 6.45) is 2.05. The molecule has 0 unspecified atom stereocenters. The van der Waals surface area contributed by atoms with Crippen LogP contribution in [-0.4, -0.2) is 4.98 Å². The van der Waals surface area contributed by atoms with Gasteiger partial charge in [0.2, 0.25) is 0 Å². The molecule has 0 aliphatic carbocycles. The number of halogens is 3. The fourth-order valence-electron chi connectivity index (χ4n) is 2.37. The average molecular weight is 406 g/mol. The van der Waals surface area contributed by atoms with Crippen LogP contribution in [0.2, 0.25) is 0 Å². The van der Waals surface area contributed by atoms with E-state index in [4.69, 9.17) is 4.74 Å². The van der Waals surface area contributed by atoms with Gasteiger partial charge in [0.25, 0.3) is 5.56 Å². The van der Waals surface area contributed by atoms with Gasteiger partial charge in [-0.3, -0.25) is 4.79 Å². The third-order valence-corrected chi connectivity index (χ3v) is 4.39. The molecule has 0 radical (unpaired) electrons. The van der Waals surface area contributed by atoms with Crippen LogP contribution in [0.3, 0.4) is 0 Å². The third kappa shape index (κ3) is 4.33. The summed E-state index contributed by atoms with van der Waals surface area (Å²) in [5, 5.41) is 0. The smallest absolute Gasteiger partial charge is 0.266 e. The Bertz CT molecular complexity index is 922. The number of rotatable bonds is 5. The summed E-state index contributed by atoms with van der Waals surface area (Å²) in [6, 6.07) is 12.1. The molecule has 3 aromatic rings. The zero-order chi connectivity index (χ0) is 17.8. The topological polar surface area (TPSA) is 42.1 Å². The first-order valence-electron chi connectivity index (χ1n) is 7.54. The van der Waals surface area contributed by atoms with E-state index in [1.54, 1.807) is 30.5 Å². The number of nitrogens with one attached hydrogen (secondary N) is 1. The fourth-order valence-corrected chi connectivity index (χ4v) is 2.85. The molecule has 1 heterocycles. The number of hydrogen-bond acceptors (Lipinski definition) is 2. The van der Waals surface area contributed by atoms with Crippen molar-refractivity contribution in [1.29, 1.82) is 0 Å². The predicted molar refractivity (Wildman–Crippen MR) is 94.7 cm³/mol. The molecular formula is C19H14BrF2NO2. The summed E-state index contributed by atoms with van der Waals surface area (Å²) in [5.74, 6) is -0.213. The van der Waals surface area contributed by atoms with Gasteiger partial charge in [-0.15, -0.1) is 0 Å². The van der Waals surface area contributed by atoms with E-state index in [9.17, 15) is 13.6 Å². The van der Waals surface area contributed by atoms with E-state index in [1.807, 2.05) is 0 Å². The molecule has 0 aliphatic rings. The van der Waals surface area contributed by atoms with E-state index in [2.05, 4.69) is 20.9 Å². The minimum atomic E-state index is -0.321. The number of hydrogen-bond donors (Lipinski definition) is 1. The van der Waals surface area contributed by atoms with E-state index in [-0.39, 0.29) is 28.3 Å². The SMILES string of the molecule is O=c1[nH]cc(Cc2ccc(F)cc2)c(OCc2ccc(F)cc2)c1Br. The van der Waals surface area contributed by atoms with Crippen LogP contribution in [-0.2, 0) is 13.0 Å². The second-order valence-electron chi connectivity index (χ2n) is 5.50. The highest BCUT2D eigenvalue weighted by Crippen LogP contribution is 2.28. The highest BCUT2D eigenvalue weighted by Gasteiger charge is 2.13. The standard InChI is InChI=1S/C19H14BrF2NO2/c20-17-18(25-11-13-3-7-16(22)8-4-13)14(10-23-19(17)24)9-12-1-5-15(21)6-2-12/h1-8,10H,9,11H2,(H,23,24). The van der Waals surface area contributed by atoms with Crippen molar-refractivity contribution >= 4 is 15.9 Å². The first kappa shape index (κ1) is 17.4. The van der Waals surface area contributed by atoms with E-state index < -0.39 is 0 Å². The van der Waals surface area contributed by atoms with Crippen molar-refractivity contribution in [2.75, 3.05) is 0 Å². The van der Waals surface area contributed by atoms with Crippen LogP contribution in [0.25, 0.3) is 0 Å². The van der Waals surface area contributed by atoms with Gasteiger partial charge in [-0.1, -0.05) is 24.3 Å². The maximum Gasteiger partial charge on any atom is 0.266 e. The largest absolute Gasteiger partial charge is 0.487 e. The van der Waals surface area contributed by atoms with Crippen LogP contribution in [0.1, 0.15) is 16.7 Å². The second kappa shape index (κ2) is 7.61. The normalized spacial score (nSPS) is 10.7. The molecule has 0 aliphatic heterocycles. The van der Waals surface area contributed by atoms with Crippen molar-refractivity contribution in [2.24, 2.45) is 0 Å². The Balaban J connectivity index is 1.85. The van der Waals surface area contributed by atoms with Crippen molar-refractivity contribution in [3.05, 3.63) is 97.9 Å². The quantitative estimate of drug-likeness (QED) is 0.674. The monoisotopic (exact) mass is 405 g/mol. The van der Waals surface area contributed by atoms with Gasteiger partial charge in [-0.05, 0) is 51.3 Å². The van der Waals surface area contributed by atoms with Crippen LogP contribution in [0.5, 0.6) is 5.75 Å². The average Bonchev–Trinajstić information content (AvgIpc) is 2.61. The molecule has 0 saturated carbocycles. The summed E-state index contributed by atoms with van der Waals surface area (Å²) in [7, 11) is 0. The van der Waals surface area contributed by atoms with Crippen molar-refractivity contribution in [3.63, 3.8) is 0 Å². The maximum absolute atomic E-state index is 13.1. The maximum atomic E-state index is 13.1. The van der Waals surface area contributed by atoms with Gasteiger partial charge in [0.15, 0.2) is 0 Å². The lowest BCUT2D eigenvalue weighted by atomic mass is 10.1. The van der Waals surface area contributed by atoms with E-state index in [1.165, 1.54) is 24.3 Å². The first-order chi connectivity index (χ1) is 12.0. The van der Waals surface area contributed by atoms with Crippen LogP contribution in [0.4, 0.5) is 8.78 Å². The van der Waals surface area contributed by atoms with Crippen molar-refractivity contribution in [1.82, 2.24) is 4.98 Å². The summed E-state index contributed by atoms with van der Waals surface area (Å²) < 4.78 is 32.1. The molecule has 3 nitrogen and oxygen atoms in total. The van der Waals surface area contributed by atoms with Crippen LogP contribution < -0.4 is 10.3 Å². The highest BCUT2D eigenvalue weighted by molar-refractivity contribution is 9.10. The van der Waals surface area contributed by atoms with E-state index in [0.29, 0.717) is 12.2 Å². The third-order valence-electron chi connectivity index (χ3n) is 3.67. The van der Waals surface area contributed by atoms with Gasteiger partial charge in [-0.25, -0.2) is 8.78 Å². The Morgan fingerprint density at radius 1 is 0.920 bits per heavy atom. The van der Waals surface area contributed by atoms with Crippen LogP contribution in [0, 0.1) is 11.6 Å². The molecular weight excluding hydrogens is 392 g/mol. The van der Waals surface area contributed by atoms with Crippen molar-refractivity contribution in [3.8, 4) is 5.75 Å². The molecule has 128 valence electrons. The number of ether oxygens (including phenoxy) is 1. The molecule has 0 fully saturated rings. The summed E-state index contributed by atoms with van der Waals surface area (Å²) >= 11 is 3.25. The Morgan fingerprint density at radius 2 is 1.48 bits per heavy atom. The van der Waals surface area contributed by atoms with Gasteiger partial charge in [0.1, 0.15) is 28.5 Å². The minimum Gasteiger partial charge on any atom is -0.487 e. The molecule has 1 aromatic heterocycles. The summed E-state index contributed by atoms with van der Waals surface area (Å²) in [6.45, 7) is 0.193. The number of aromatic amines is 1. The number of H-pyrrole nitrogens is 1. The van der Waals surface area contributed by atoms with Crippen molar-refractivity contribution in [2.45, 2.75) is 13.0 Å². The molecule has 0 spiro atoms. The Morgan fingerprint density at radius 3 is 2.08 bits per heavy atom. The molecule has 2 aromatic carbocycles. The molecule has 0 amide bonds. The zero-order valence-electron chi connectivity index (χ0n) is 13.1. The van der Waals surface area contributed by atoms with E-state index in [0.717, 1.165) is 16.7 Å². The zero-order valence-corrected chi connectivity index (χ0v) is 14.6. The summed E-state index contributed by atoms with van der Waals surface area (Å²) in [4.78, 5) is 14.5. The van der Waals surface area contributed by atoms with Gasteiger partial charge >= 0.3 is 0 Å². The molecule has 6 heteroatoms. The Hall–Kier alpha value is -2.47. The summed E-state index contributed by atoms with van der Waals surface area (Å²) in [5.41, 5.74) is 2.10. The van der Waals surface area contributed by atoms with E-state index >= 15 is 0 Å². The van der Waals surface area contributed by atoms with Gasteiger partial charge < -0.3 is 9.72 Å². The molecule has 1 N–H and O–H groups in total. The van der Waals surface area contributed by atoms with Gasteiger partial charge in [0, 0.05) is 18.2 Å². The number of pyridine rings is 1. The molecule has 3 rings (SSSR count). The van der Waals surface area contributed by atoms with Gasteiger partial charge in [-0.2, -0.15) is 0 Å². The molecule has 25 heavy (non-hydrogen) atoms. The van der Waals surface area contributed by atoms with Crippen molar-refractivity contribution < 1.29 is 13.5 Å². The Kier molecular flexibility index (Phi) is 5.28. The molecule has 0 atom stereocenters. The number of benzene rings is 2. The number of aromatic nitrogens is 1. The molecule has 0 bridgehead atoms. The predicted octanol–water partition coefficient (Wildman–Crippen LogP) is 4.59. The highest BCUT2D eigenvalue weighted by atomic mass is 79.9. The first-order valence-corrected chi connectivity index (χ1v) is 8.34. The van der Waals surface area contributed by atoms with Crippen LogP contribution in [0.15, 0.2) is 64.0 Å². The second-order valence-corrected chi connectivity index (χ2v) is 6.30. The lowest BCUT2D eigenvalue weighted by molar-refractivity contribution is 0.300. The van der Waals surface area contributed by atoms with Crippen LogP contribution >= 0.6 is 15.9 Å².